The highest BCUT2D eigenvalue weighted by atomic mass is 19.3. The largest absolute Gasteiger partial charge is 0.306 e. The molecule has 0 bridgehead atoms. The van der Waals surface area contributed by atoms with Gasteiger partial charge in [0.2, 0.25) is 0 Å². The van der Waals surface area contributed by atoms with Crippen LogP contribution in [0.5, 0.6) is 0 Å². The maximum Gasteiger partial charge on any atom is 0.257 e. The lowest BCUT2D eigenvalue weighted by Gasteiger charge is -2.17. The molecule has 3 heteroatoms. The van der Waals surface area contributed by atoms with Crippen LogP contribution in [0.25, 0.3) is 0 Å². The maximum atomic E-state index is 12.8. The quantitative estimate of drug-likeness (QED) is 0.798. The molecule has 0 aromatic heterocycles. The Balaban J connectivity index is 2.77. The van der Waals surface area contributed by atoms with Crippen molar-refractivity contribution in [3.8, 4) is 0 Å². The van der Waals surface area contributed by atoms with Crippen molar-refractivity contribution in [3.05, 3.63) is 35.4 Å². The fraction of sp³-hybridized carbons (Fsp3) is 0.571. The Morgan fingerprint density at radius 3 is 2.12 bits per heavy atom. The third-order valence-corrected chi connectivity index (χ3v) is 2.66. The summed E-state index contributed by atoms with van der Waals surface area (Å²) in [5, 5.41) is 2.81. The molecule has 1 nitrogen and oxygen atoms in total. The standard InChI is InChI=1S/C14H21F2N/c1-4-17-13(14(15)16)12-7-5-11(6-8-12)9-10(2)3/h5-8,10,13-14,17H,4,9H2,1-3H3. The van der Waals surface area contributed by atoms with Gasteiger partial charge in [0, 0.05) is 0 Å². The van der Waals surface area contributed by atoms with Gasteiger partial charge < -0.3 is 5.32 Å². The highest BCUT2D eigenvalue weighted by Crippen LogP contribution is 2.21. The summed E-state index contributed by atoms with van der Waals surface area (Å²) in [5.74, 6) is 0.584. The van der Waals surface area contributed by atoms with Gasteiger partial charge in [-0.1, -0.05) is 45.0 Å². The van der Waals surface area contributed by atoms with Crippen molar-refractivity contribution in [2.45, 2.75) is 39.7 Å². The van der Waals surface area contributed by atoms with E-state index in [1.54, 1.807) is 12.1 Å². The van der Waals surface area contributed by atoms with Crippen LogP contribution in [0, 0.1) is 5.92 Å². The molecule has 0 aliphatic rings. The Kier molecular flexibility index (Phi) is 5.56. The zero-order chi connectivity index (χ0) is 12.8. The van der Waals surface area contributed by atoms with Gasteiger partial charge in [0.15, 0.2) is 0 Å². The molecule has 0 aliphatic heterocycles. The lowest BCUT2D eigenvalue weighted by atomic mass is 9.99. The molecule has 96 valence electrons. The molecule has 1 aromatic carbocycles. The molecule has 0 spiro atoms. The molecule has 0 amide bonds. The first-order valence-electron chi connectivity index (χ1n) is 6.15. The Hall–Kier alpha value is -0.960. The number of halogens is 2. The number of rotatable bonds is 6. The lowest BCUT2D eigenvalue weighted by Crippen LogP contribution is -2.27. The summed E-state index contributed by atoms with van der Waals surface area (Å²) in [7, 11) is 0. The zero-order valence-electron chi connectivity index (χ0n) is 10.7. The summed E-state index contributed by atoms with van der Waals surface area (Å²) in [6.07, 6.45) is -1.38. The van der Waals surface area contributed by atoms with E-state index >= 15 is 0 Å². The molecule has 1 rings (SSSR count). The van der Waals surface area contributed by atoms with Crippen LogP contribution in [0.1, 0.15) is 37.9 Å². The van der Waals surface area contributed by atoms with Crippen LogP contribution >= 0.6 is 0 Å². The third-order valence-electron chi connectivity index (χ3n) is 2.66. The number of nitrogens with one attached hydrogen (secondary N) is 1. The summed E-state index contributed by atoms with van der Waals surface area (Å²) in [5.41, 5.74) is 1.86. The molecule has 1 atom stereocenters. The molecule has 0 saturated heterocycles. The number of hydrogen-bond donors (Lipinski definition) is 1. The first-order valence-corrected chi connectivity index (χ1v) is 6.15. The molecule has 0 radical (unpaired) electrons. The SMILES string of the molecule is CCNC(c1ccc(CC(C)C)cc1)C(F)F. The number of benzene rings is 1. The Morgan fingerprint density at radius 1 is 1.12 bits per heavy atom. The fourth-order valence-electron chi connectivity index (χ4n) is 1.90. The Labute approximate surface area is 102 Å². The first-order chi connectivity index (χ1) is 8.04. The topological polar surface area (TPSA) is 12.0 Å². The molecule has 17 heavy (non-hydrogen) atoms. The minimum absolute atomic E-state index is 0.544. The number of alkyl halides is 2. The average molecular weight is 241 g/mol. The molecule has 1 N–H and O–H groups in total. The second-order valence-corrected chi connectivity index (χ2v) is 4.71. The predicted molar refractivity (Wildman–Crippen MR) is 67.4 cm³/mol. The van der Waals surface area contributed by atoms with Crippen molar-refractivity contribution in [3.63, 3.8) is 0 Å². The Bertz CT molecular complexity index is 319. The van der Waals surface area contributed by atoms with E-state index in [1.165, 1.54) is 5.56 Å². The molecular weight excluding hydrogens is 220 g/mol. The first kappa shape index (κ1) is 14.1. The zero-order valence-corrected chi connectivity index (χ0v) is 10.7. The van der Waals surface area contributed by atoms with Gasteiger partial charge in [-0.2, -0.15) is 0 Å². The van der Waals surface area contributed by atoms with Crippen molar-refractivity contribution in [1.29, 1.82) is 0 Å². The molecule has 0 saturated carbocycles. The highest BCUT2D eigenvalue weighted by Gasteiger charge is 2.20. The van der Waals surface area contributed by atoms with E-state index in [-0.39, 0.29) is 0 Å². The minimum Gasteiger partial charge on any atom is -0.306 e. The molecule has 0 aliphatic carbocycles. The van der Waals surface area contributed by atoms with Gasteiger partial charge in [-0.25, -0.2) is 8.78 Å². The van der Waals surface area contributed by atoms with Crippen molar-refractivity contribution < 1.29 is 8.78 Å². The van der Waals surface area contributed by atoms with Crippen molar-refractivity contribution >= 4 is 0 Å². The van der Waals surface area contributed by atoms with Crippen LogP contribution < -0.4 is 5.32 Å². The summed E-state index contributed by atoms with van der Waals surface area (Å²) >= 11 is 0. The van der Waals surface area contributed by atoms with Gasteiger partial charge in [-0.3, -0.25) is 0 Å². The van der Waals surface area contributed by atoms with Gasteiger partial charge in [-0.15, -0.1) is 0 Å². The van der Waals surface area contributed by atoms with Crippen molar-refractivity contribution in [2.75, 3.05) is 6.54 Å². The van der Waals surface area contributed by atoms with Crippen molar-refractivity contribution in [1.82, 2.24) is 5.32 Å². The molecule has 0 heterocycles. The molecule has 1 aromatic rings. The molecule has 0 fully saturated rings. The Morgan fingerprint density at radius 2 is 1.71 bits per heavy atom. The van der Waals surface area contributed by atoms with E-state index < -0.39 is 12.5 Å². The summed E-state index contributed by atoms with van der Waals surface area (Å²) in [6, 6.07) is 6.64. The van der Waals surface area contributed by atoms with Crippen LogP contribution in [0.4, 0.5) is 8.78 Å². The van der Waals surface area contributed by atoms with Gasteiger partial charge in [0.05, 0.1) is 6.04 Å². The van der Waals surface area contributed by atoms with E-state index in [4.69, 9.17) is 0 Å². The molecule has 1 unspecified atom stereocenters. The normalized spacial score (nSPS) is 13.4. The fourth-order valence-corrected chi connectivity index (χ4v) is 1.90. The number of hydrogen-bond acceptors (Lipinski definition) is 1. The summed E-state index contributed by atoms with van der Waals surface area (Å²) in [6.45, 7) is 6.67. The smallest absolute Gasteiger partial charge is 0.257 e. The van der Waals surface area contributed by atoms with Crippen molar-refractivity contribution in [2.24, 2.45) is 5.92 Å². The van der Waals surface area contributed by atoms with Crippen LogP contribution in [0.3, 0.4) is 0 Å². The monoisotopic (exact) mass is 241 g/mol. The van der Waals surface area contributed by atoms with E-state index in [0.29, 0.717) is 18.0 Å². The molecular formula is C14H21F2N. The van der Waals surface area contributed by atoms with Crippen LogP contribution in [-0.2, 0) is 6.42 Å². The van der Waals surface area contributed by atoms with Crippen LogP contribution in [0.2, 0.25) is 0 Å². The third kappa shape index (κ3) is 4.43. The second-order valence-electron chi connectivity index (χ2n) is 4.71. The predicted octanol–water partition coefficient (Wildman–Crippen LogP) is 3.80. The lowest BCUT2D eigenvalue weighted by molar-refractivity contribution is 0.0993. The van der Waals surface area contributed by atoms with Gasteiger partial charge in [0.25, 0.3) is 6.43 Å². The van der Waals surface area contributed by atoms with Gasteiger partial charge in [0.1, 0.15) is 0 Å². The summed E-state index contributed by atoms with van der Waals surface area (Å²) < 4.78 is 25.6. The van der Waals surface area contributed by atoms with E-state index in [1.807, 2.05) is 19.1 Å². The van der Waals surface area contributed by atoms with Crippen LogP contribution in [-0.4, -0.2) is 13.0 Å². The van der Waals surface area contributed by atoms with E-state index in [0.717, 1.165) is 6.42 Å². The van der Waals surface area contributed by atoms with E-state index in [9.17, 15) is 8.78 Å². The minimum atomic E-state index is -2.37. The van der Waals surface area contributed by atoms with E-state index in [2.05, 4.69) is 19.2 Å². The van der Waals surface area contributed by atoms with Gasteiger partial charge in [-0.05, 0) is 30.0 Å². The van der Waals surface area contributed by atoms with Crippen LogP contribution in [0.15, 0.2) is 24.3 Å². The maximum absolute atomic E-state index is 12.8. The second kappa shape index (κ2) is 6.70. The average Bonchev–Trinajstić information content (AvgIpc) is 2.26. The summed E-state index contributed by atoms with van der Waals surface area (Å²) in [4.78, 5) is 0. The highest BCUT2D eigenvalue weighted by molar-refractivity contribution is 5.25. The van der Waals surface area contributed by atoms with Gasteiger partial charge >= 0.3 is 0 Å².